The summed E-state index contributed by atoms with van der Waals surface area (Å²) < 4.78 is 16.9. The van der Waals surface area contributed by atoms with Crippen molar-refractivity contribution >= 4 is 22.6 Å². The Morgan fingerprint density at radius 2 is 1.75 bits per heavy atom. The van der Waals surface area contributed by atoms with E-state index in [9.17, 15) is 4.39 Å². The topological polar surface area (TPSA) is 0 Å². The first-order valence-electron chi connectivity index (χ1n) is 4.82. The van der Waals surface area contributed by atoms with E-state index in [1.807, 2.05) is 13.0 Å². The molecule has 0 radical (unpaired) electrons. The maximum Gasteiger partial charge on any atom is 0.358 e. The summed E-state index contributed by atoms with van der Waals surface area (Å²) in [5, 5.41) is 0. The normalized spacial score (nSPS) is 10.4. The van der Waals surface area contributed by atoms with Crippen molar-refractivity contribution in [2.24, 2.45) is 0 Å². The molecule has 0 aliphatic rings. The monoisotopic (exact) mass is 439 g/mol. The summed E-state index contributed by atoms with van der Waals surface area (Å²) in [6.07, 6.45) is 0. The van der Waals surface area contributed by atoms with Crippen LogP contribution in [-0.4, -0.2) is 0 Å². The molecule has 0 aliphatic carbocycles. The number of hydrogen-bond acceptors (Lipinski definition) is 0. The molecule has 0 aliphatic heterocycles. The van der Waals surface area contributed by atoms with E-state index in [4.69, 9.17) is 0 Å². The van der Waals surface area contributed by atoms with Crippen LogP contribution >= 0.6 is 22.6 Å². The first-order valence-corrected chi connectivity index (χ1v) is 8.05. The molecule has 0 aromatic heterocycles. The van der Waals surface area contributed by atoms with Crippen LogP contribution in [0.5, 0.6) is 0 Å². The van der Waals surface area contributed by atoms with Crippen LogP contribution in [0.4, 0.5) is 4.39 Å². The van der Waals surface area contributed by atoms with Crippen molar-refractivity contribution in [3.63, 3.8) is 0 Å². The highest BCUT2D eigenvalue weighted by molar-refractivity contribution is 14.1. The Labute approximate surface area is 119 Å². The zero-order valence-electron chi connectivity index (χ0n) is 8.68. The lowest BCUT2D eigenvalue weighted by Gasteiger charge is -1.93. The van der Waals surface area contributed by atoms with Gasteiger partial charge in [-0.05, 0) is 72.0 Å². The van der Waals surface area contributed by atoms with Gasteiger partial charge in [-0.25, -0.2) is 4.39 Å². The third kappa shape index (κ3) is 3.16. The van der Waals surface area contributed by atoms with Crippen LogP contribution in [-0.2, 0) is 0 Å². The lowest BCUT2D eigenvalue weighted by atomic mass is 10.2. The van der Waals surface area contributed by atoms with E-state index in [1.165, 1.54) is 10.7 Å². The third-order valence-electron chi connectivity index (χ3n) is 2.13. The zero-order chi connectivity index (χ0) is 11.5. The van der Waals surface area contributed by atoms with Gasteiger partial charge in [-0.1, -0.05) is 0 Å². The lowest BCUT2D eigenvalue weighted by Crippen LogP contribution is -3.61. The molecule has 2 aromatic carbocycles. The first kappa shape index (κ1) is 12.3. The predicted molar refractivity (Wildman–Crippen MR) is 67.7 cm³/mol. The maximum atomic E-state index is 13.0. The Kier molecular flexibility index (Phi) is 4.18. The molecule has 0 nitrogen and oxygen atoms in total. The van der Waals surface area contributed by atoms with E-state index in [2.05, 4.69) is 46.9 Å². The third-order valence-corrected chi connectivity index (χ3v) is 5.99. The Hall–Kier alpha value is -0.170. The van der Waals surface area contributed by atoms with Crippen molar-refractivity contribution < 1.29 is 25.6 Å². The minimum atomic E-state index is -0.189. The fourth-order valence-electron chi connectivity index (χ4n) is 1.32. The fourth-order valence-corrected chi connectivity index (χ4v) is 4.01. The van der Waals surface area contributed by atoms with Crippen LogP contribution in [0.3, 0.4) is 0 Å². The standard InChI is InChI=1S/C13H10FI2/c1-9-8-10(14)2-7-13(9)16-12-5-3-11(15)4-6-12/h2-8H,1H3/q+1. The zero-order valence-corrected chi connectivity index (χ0v) is 13.0. The van der Waals surface area contributed by atoms with Crippen LogP contribution in [0.25, 0.3) is 0 Å². The number of aryl methyl sites for hydroxylation is 1. The minimum Gasteiger partial charge on any atom is -0.207 e. The predicted octanol–water partition coefficient (Wildman–Crippen LogP) is 0.867. The van der Waals surface area contributed by atoms with Crippen LogP contribution in [0.2, 0.25) is 0 Å². The highest BCUT2D eigenvalue weighted by atomic mass is 127. The van der Waals surface area contributed by atoms with E-state index in [0.29, 0.717) is 0 Å². The van der Waals surface area contributed by atoms with Gasteiger partial charge in [0, 0.05) is 9.13 Å². The van der Waals surface area contributed by atoms with Gasteiger partial charge >= 0.3 is 21.2 Å². The van der Waals surface area contributed by atoms with Crippen molar-refractivity contribution in [3.8, 4) is 0 Å². The summed E-state index contributed by atoms with van der Waals surface area (Å²) >= 11 is 2.11. The summed E-state index contributed by atoms with van der Waals surface area (Å²) in [6, 6.07) is 13.6. The SMILES string of the molecule is Cc1cc(F)ccc1[I+]c1ccc(I)cc1. The average molecular weight is 439 g/mol. The van der Waals surface area contributed by atoms with Crippen molar-refractivity contribution in [1.82, 2.24) is 0 Å². The highest BCUT2D eigenvalue weighted by Crippen LogP contribution is 2.02. The first-order chi connectivity index (χ1) is 7.65. The van der Waals surface area contributed by atoms with E-state index >= 15 is 0 Å². The van der Waals surface area contributed by atoms with Crippen LogP contribution in [0.1, 0.15) is 5.56 Å². The molecule has 0 saturated carbocycles. The van der Waals surface area contributed by atoms with Crippen molar-refractivity contribution in [2.45, 2.75) is 6.92 Å². The lowest BCUT2D eigenvalue weighted by molar-refractivity contribution is -0.598. The summed E-state index contributed by atoms with van der Waals surface area (Å²) in [6.45, 7) is 1.98. The number of rotatable bonds is 2. The van der Waals surface area contributed by atoms with E-state index in [-0.39, 0.29) is 27.0 Å². The smallest absolute Gasteiger partial charge is 0.207 e. The Bertz CT molecular complexity index is 492. The van der Waals surface area contributed by atoms with Gasteiger partial charge in [-0.2, -0.15) is 0 Å². The second kappa shape index (κ2) is 5.44. The second-order valence-corrected chi connectivity index (χ2v) is 7.62. The van der Waals surface area contributed by atoms with E-state index < -0.39 is 0 Å². The quantitative estimate of drug-likeness (QED) is 0.610. The van der Waals surface area contributed by atoms with Crippen molar-refractivity contribution in [2.75, 3.05) is 0 Å². The number of halogens is 3. The van der Waals surface area contributed by atoms with Crippen LogP contribution in [0.15, 0.2) is 42.5 Å². The summed E-state index contributed by atoms with van der Waals surface area (Å²) in [4.78, 5) is 0. The molecule has 82 valence electrons. The van der Waals surface area contributed by atoms with E-state index in [0.717, 1.165) is 5.56 Å². The molecule has 0 spiro atoms. The molecule has 2 rings (SSSR count). The summed E-state index contributed by atoms with van der Waals surface area (Å²) in [5.41, 5.74) is 1.06. The number of benzene rings is 2. The fraction of sp³-hybridized carbons (Fsp3) is 0.0769. The second-order valence-electron chi connectivity index (χ2n) is 3.42. The van der Waals surface area contributed by atoms with Gasteiger partial charge in [-0.15, -0.1) is 0 Å². The Morgan fingerprint density at radius 1 is 1.06 bits per heavy atom. The average Bonchev–Trinajstić information content (AvgIpc) is 2.25. The number of hydrogen-bond donors (Lipinski definition) is 0. The van der Waals surface area contributed by atoms with Crippen LogP contribution < -0.4 is 21.2 Å². The minimum absolute atomic E-state index is 0.145. The molecule has 0 fully saturated rings. The molecule has 0 heterocycles. The molecule has 2 aromatic rings. The maximum absolute atomic E-state index is 13.0. The van der Waals surface area contributed by atoms with Gasteiger partial charge in [-0.3, -0.25) is 0 Å². The highest BCUT2D eigenvalue weighted by Gasteiger charge is 2.18. The molecule has 0 saturated heterocycles. The van der Waals surface area contributed by atoms with Gasteiger partial charge in [0.2, 0.25) is 0 Å². The molecular formula is C13H10FI2+. The summed E-state index contributed by atoms with van der Waals surface area (Å²) in [7, 11) is 0. The molecule has 0 unspecified atom stereocenters. The molecule has 0 bridgehead atoms. The van der Waals surface area contributed by atoms with E-state index in [1.54, 1.807) is 12.1 Å². The molecule has 0 amide bonds. The van der Waals surface area contributed by atoms with Crippen molar-refractivity contribution in [1.29, 1.82) is 0 Å². The van der Waals surface area contributed by atoms with Gasteiger partial charge in [0.15, 0.2) is 7.14 Å². The van der Waals surface area contributed by atoms with Crippen molar-refractivity contribution in [3.05, 3.63) is 64.6 Å². The molecule has 0 N–H and O–H groups in total. The van der Waals surface area contributed by atoms with Gasteiger partial charge < -0.3 is 0 Å². The summed E-state index contributed by atoms with van der Waals surface area (Å²) in [5.74, 6) is -0.145. The molecular weight excluding hydrogens is 429 g/mol. The molecule has 0 atom stereocenters. The van der Waals surface area contributed by atoms with Gasteiger partial charge in [0.1, 0.15) is 5.82 Å². The van der Waals surface area contributed by atoms with Gasteiger partial charge in [0.05, 0.1) is 0 Å². The Balaban J connectivity index is 2.23. The van der Waals surface area contributed by atoms with Gasteiger partial charge in [0.25, 0.3) is 0 Å². The van der Waals surface area contributed by atoms with Crippen LogP contribution in [0, 0.1) is 23.5 Å². The largest absolute Gasteiger partial charge is 0.358 e. The Morgan fingerprint density at radius 3 is 2.38 bits per heavy atom. The molecule has 3 heteroatoms. The molecule has 16 heavy (non-hydrogen) atoms.